The lowest BCUT2D eigenvalue weighted by molar-refractivity contribution is 0.0692. The van der Waals surface area contributed by atoms with Crippen molar-refractivity contribution in [2.75, 3.05) is 14.2 Å². The molecule has 2 rings (SSSR count). The molecule has 5 nitrogen and oxygen atoms in total. The molecule has 0 spiro atoms. The molecule has 1 heterocycles. The van der Waals surface area contributed by atoms with Gasteiger partial charge in [0.1, 0.15) is 11.3 Å². The van der Waals surface area contributed by atoms with Gasteiger partial charge in [0.05, 0.1) is 14.2 Å². The highest BCUT2D eigenvalue weighted by Gasteiger charge is 2.14. The Morgan fingerprint density at radius 3 is 2.45 bits per heavy atom. The Morgan fingerprint density at radius 2 is 1.90 bits per heavy atom. The van der Waals surface area contributed by atoms with Gasteiger partial charge in [-0.15, -0.1) is 0 Å². The Kier molecular flexibility index (Phi) is 3.89. The maximum absolute atomic E-state index is 11.2. The van der Waals surface area contributed by atoms with Crippen LogP contribution >= 0.6 is 0 Å². The Labute approximate surface area is 116 Å². The fourth-order valence-electron chi connectivity index (χ4n) is 1.98. The molecular weight excluding hydrogens is 258 g/mol. The molecule has 104 valence electrons. The summed E-state index contributed by atoms with van der Waals surface area (Å²) in [6.07, 6.45) is 1.59. The minimum atomic E-state index is -1.07. The van der Waals surface area contributed by atoms with Gasteiger partial charge in [-0.2, -0.15) is 0 Å². The zero-order chi connectivity index (χ0) is 14.7. The first kappa shape index (κ1) is 13.9. The number of hydrogen-bond acceptors (Lipinski definition) is 4. The fourth-order valence-corrected chi connectivity index (χ4v) is 1.98. The summed E-state index contributed by atoms with van der Waals surface area (Å²) in [7, 11) is 3.01. The number of aromatic carboxylic acids is 1. The molecule has 0 aliphatic heterocycles. The van der Waals surface area contributed by atoms with Crippen LogP contribution in [-0.4, -0.2) is 30.3 Å². The number of carboxylic acids is 1. The topological polar surface area (TPSA) is 68.7 Å². The SMILES string of the molecule is COc1ccc(-c2cnc(OC)c(C(=O)O)c2)cc1C. The van der Waals surface area contributed by atoms with E-state index in [4.69, 9.17) is 14.6 Å². The van der Waals surface area contributed by atoms with Crippen LogP contribution in [0, 0.1) is 6.92 Å². The molecule has 0 unspecified atom stereocenters. The van der Waals surface area contributed by atoms with Crippen LogP contribution in [-0.2, 0) is 0 Å². The summed E-state index contributed by atoms with van der Waals surface area (Å²) in [5, 5.41) is 9.16. The van der Waals surface area contributed by atoms with Gasteiger partial charge in [-0.05, 0) is 36.2 Å². The van der Waals surface area contributed by atoms with Crippen molar-refractivity contribution in [3.8, 4) is 22.8 Å². The number of nitrogens with zero attached hydrogens (tertiary/aromatic N) is 1. The lowest BCUT2D eigenvalue weighted by Crippen LogP contribution is -2.02. The van der Waals surface area contributed by atoms with Crippen LogP contribution in [0.3, 0.4) is 0 Å². The van der Waals surface area contributed by atoms with Crippen LogP contribution in [0.15, 0.2) is 30.5 Å². The minimum Gasteiger partial charge on any atom is -0.496 e. The number of hydrogen-bond donors (Lipinski definition) is 1. The predicted molar refractivity (Wildman–Crippen MR) is 74.5 cm³/mol. The molecule has 1 N–H and O–H groups in total. The third-order valence-electron chi connectivity index (χ3n) is 3.00. The van der Waals surface area contributed by atoms with Crippen molar-refractivity contribution in [2.45, 2.75) is 6.92 Å². The van der Waals surface area contributed by atoms with Gasteiger partial charge in [-0.3, -0.25) is 0 Å². The number of methoxy groups -OCH3 is 2. The summed E-state index contributed by atoms with van der Waals surface area (Å²) >= 11 is 0. The maximum Gasteiger partial charge on any atom is 0.341 e. The van der Waals surface area contributed by atoms with Gasteiger partial charge < -0.3 is 14.6 Å². The molecule has 1 aromatic heterocycles. The van der Waals surface area contributed by atoms with E-state index in [0.717, 1.165) is 16.9 Å². The Bertz CT molecular complexity index is 652. The number of benzene rings is 1. The smallest absolute Gasteiger partial charge is 0.341 e. The summed E-state index contributed by atoms with van der Waals surface area (Å²) in [4.78, 5) is 15.2. The molecule has 0 aliphatic carbocycles. The molecule has 0 radical (unpaired) electrons. The van der Waals surface area contributed by atoms with Crippen LogP contribution in [0.1, 0.15) is 15.9 Å². The number of aromatic nitrogens is 1. The Balaban J connectivity index is 2.50. The zero-order valence-corrected chi connectivity index (χ0v) is 11.5. The summed E-state index contributed by atoms with van der Waals surface area (Å²) < 4.78 is 10.2. The molecule has 1 aromatic carbocycles. The van der Waals surface area contributed by atoms with Crippen molar-refractivity contribution in [1.29, 1.82) is 0 Å². The van der Waals surface area contributed by atoms with E-state index >= 15 is 0 Å². The van der Waals surface area contributed by atoms with Gasteiger partial charge in [0, 0.05) is 11.8 Å². The van der Waals surface area contributed by atoms with E-state index in [1.165, 1.54) is 7.11 Å². The average Bonchev–Trinajstić information content (AvgIpc) is 2.46. The van der Waals surface area contributed by atoms with Crippen LogP contribution in [0.2, 0.25) is 0 Å². The number of rotatable bonds is 4. The lowest BCUT2D eigenvalue weighted by Gasteiger charge is -2.09. The molecule has 0 amide bonds. The number of ether oxygens (including phenoxy) is 2. The van der Waals surface area contributed by atoms with Crippen LogP contribution in [0.5, 0.6) is 11.6 Å². The molecule has 0 saturated heterocycles. The largest absolute Gasteiger partial charge is 0.496 e. The Morgan fingerprint density at radius 1 is 1.15 bits per heavy atom. The van der Waals surface area contributed by atoms with Gasteiger partial charge >= 0.3 is 5.97 Å². The molecular formula is C15H15NO4. The molecule has 20 heavy (non-hydrogen) atoms. The predicted octanol–water partition coefficient (Wildman–Crippen LogP) is 2.77. The highest BCUT2D eigenvalue weighted by molar-refractivity contribution is 5.91. The van der Waals surface area contributed by atoms with Crippen molar-refractivity contribution in [2.24, 2.45) is 0 Å². The minimum absolute atomic E-state index is 0.0403. The van der Waals surface area contributed by atoms with Gasteiger partial charge in [0.2, 0.25) is 5.88 Å². The second kappa shape index (κ2) is 5.61. The van der Waals surface area contributed by atoms with Crippen molar-refractivity contribution >= 4 is 5.97 Å². The first-order valence-electron chi connectivity index (χ1n) is 5.99. The van der Waals surface area contributed by atoms with Gasteiger partial charge in [0.15, 0.2) is 0 Å². The van der Waals surface area contributed by atoms with E-state index in [-0.39, 0.29) is 11.4 Å². The molecule has 0 saturated carbocycles. The average molecular weight is 273 g/mol. The second-order valence-corrected chi connectivity index (χ2v) is 4.27. The second-order valence-electron chi connectivity index (χ2n) is 4.27. The highest BCUT2D eigenvalue weighted by Crippen LogP contribution is 2.28. The third kappa shape index (κ3) is 2.56. The molecule has 2 aromatic rings. The zero-order valence-electron chi connectivity index (χ0n) is 11.5. The monoisotopic (exact) mass is 273 g/mol. The summed E-state index contributed by atoms with van der Waals surface area (Å²) in [5.74, 6) is -0.179. The molecule has 0 aliphatic rings. The summed E-state index contributed by atoms with van der Waals surface area (Å²) in [6.45, 7) is 1.93. The van der Waals surface area contributed by atoms with Crippen molar-refractivity contribution in [3.05, 3.63) is 41.6 Å². The summed E-state index contributed by atoms with van der Waals surface area (Å²) in [6, 6.07) is 7.18. The first-order chi connectivity index (χ1) is 9.56. The standard InChI is InChI=1S/C15H15NO4/c1-9-6-10(4-5-13(9)19-2)11-7-12(15(17)18)14(20-3)16-8-11/h4-8H,1-3H3,(H,17,18). The number of carbonyl (C=O) groups is 1. The Hall–Kier alpha value is -2.56. The van der Waals surface area contributed by atoms with Gasteiger partial charge in [-0.25, -0.2) is 9.78 Å². The van der Waals surface area contributed by atoms with E-state index in [9.17, 15) is 4.79 Å². The van der Waals surface area contributed by atoms with E-state index < -0.39 is 5.97 Å². The molecule has 5 heteroatoms. The molecule has 0 bridgehead atoms. The van der Waals surface area contributed by atoms with Crippen molar-refractivity contribution in [1.82, 2.24) is 4.98 Å². The fraction of sp³-hybridized carbons (Fsp3) is 0.200. The van der Waals surface area contributed by atoms with Crippen LogP contribution in [0.4, 0.5) is 0 Å². The van der Waals surface area contributed by atoms with Crippen molar-refractivity contribution < 1.29 is 19.4 Å². The van der Waals surface area contributed by atoms with Gasteiger partial charge in [0.25, 0.3) is 0 Å². The number of aryl methyl sites for hydroxylation is 1. The van der Waals surface area contributed by atoms with E-state index in [2.05, 4.69) is 4.98 Å². The van der Waals surface area contributed by atoms with Crippen LogP contribution in [0.25, 0.3) is 11.1 Å². The number of pyridine rings is 1. The molecule has 0 atom stereocenters. The quantitative estimate of drug-likeness (QED) is 0.927. The van der Waals surface area contributed by atoms with E-state index in [0.29, 0.717) is 5.56 Å². The normalized spacial score (nSPS) is 10.2. The van der Waals surface area contributed by atoms with E-state index in [1.54, 1.807) is 19.4 Å². The molecule has 0 fully saturated rings. The number of carboxylic acid groups (broad SMARTS) is 1. The summed E-state index contributed by atoms with van der Waals surface area (Å²) in [5.41, 5.74) is 2.60. The highest BCUT2D eigenvalue weighted by atomic mass is 16.5. The maximum atomic E-state index is 11.2. The van der Waals surface area contributed by atoms with Crippen LogP contribution < -0.4 is 9.47 Å². The van der Waals surface area contributed by atoms with Crippen molar-refractivity contribution in [3.63, 3.8) is 0 Å². The first-order valence-corrected chi connectivity index (χ1v) is 5.99. The van der Waals surface area contributed by atoms with E-state index in [1.807, 2.05) is 25.1 Å². The lowest BCUT2D eigenvalue weighted by atomic mass is 10.0. The van der Waals surface area contributed by atoms with Gasteiger partial charge in [-0.1, -0.05) is 6.07 Å². The third-order valence-corrected chi connectivity index (χ3v) is 3.00.